The fraction of sp³-hybridized carbons (Fsp3) is 0.200. The Morgan fingerprint density at radius 1 is 1.30 bits per heavy atom. The first-order chi connectivity index (χ1) is 11.1. The highest BCUT2D eigenvalue weighted by atomic mass is 32.2. The van der Waals surface area contributed by atoms with E-state index in [9.17, 15) is 4.79 Å². The molecule has 0 unspecified atom stereocenters. The second-order valence-electron chi connectivity index (χ2n) is 4.71. The summed E-state index contributed by atoms with van der Waals surface area (Å²) in [4.78, 5) is 18.9. The zero-order chi connectivity index (χ0) is 16.4. The minimum Gasteiger partial charge on any atom is -0.496 e. The van der Waals surface area contributed by atoms with Crippen molar-refractivity contribution in [3.63, 3.8) is 0 Å². The lowest BCUT2D eigenvalue weighted by atomic mass is 10.2. The molecule has 1 aromatic carbocycles. The van der Waals surface area contributed by atoms with E-state index >= 15 is 0 Å². The van der Waals surface area contributed by atoms with E-state index in [1.807, 2.05) is 37.3 Å². The number of hydrogen-bond acceptors (Lipinski definition) is 7. The lowest BCUT2D eigenvalue weighted by Crippen LogP contribution is -2.23. The monoisotopic (exact) mass is 346 g/mol. The molecule has 0 spiro atoms. The minimum absolute atomic E-state index is 0.0964. The average molecular weight is 346 g/mol. The van der Waals surface area contributed by atoms with E-state index < -0.39 is 0 Å². The number of aliphatic imine (C=N–C) groups is 1. The van der Waals surface area contributed by atoms with Crippen LogP contribution in [0.1, 0.15) is 10.6 Å². The fourth-order valence-corrected chi connectivity index (χ4v) is 3.57. The maximum absolute atomic E-state index is 12.4. The van der Waals surface area contributed by atoms with Crippen LogP contribution in [0.4, 0.5) is 5.13 Å². The number of nitrogens with zero attached hydrogens (tertiary/aromatic N) is 4. The van der Waals surface area contributed by atoms with E-state index in [1.165, 1.54) is 28.0 Å². The van der Waals surface area contributed by atoms with Gasteiger partial charge in [-0.05, 0) is 30.8 Å². The van der Waals surface area contributed by atoms with Crippen molar-refractivity contribution >= 4 is 45.4 Å². The van der Waals surface area contributed by atoms with Crippen LogP contribution >= 0.6 is 23.1 Å². The van der Waals surface area contributed by atoms with Crippen molar-refractivity contribution in [2.24, 2.45) is 4.99 Å². The predicted molar refractivity (Wildman–Crippen MR) is 93.1 cm³/mol. The van der Waals surface area contributed by atoms with Gasteiger partial charge in [0.25, 0.3) is 5.91 Å². The summed E-state index contributed by atoms with van der Waals surface area (Å²) in [5.41, 5.74) is 0.854. The average Bonchev–Trinajstić information content (AvgIpc) is 3.07. The third-order valence-corrected chi connectivity index (χ3v) is 4.93. The van der Waals surface area contributed by atoms with Crippen molar-refractivity contribution in [2.75, 3.05) is 14.2 Å². The minimum atomic E-state index is -0.0964. The largest absolute Gasteiger partial charge is 0.496 e. The van der Waals surface area contributed by atoms with Crippen LogP contribution in [-0.2, 0) is 4.79 Å². The Morgan fingerprint density at radius 2 is 2.09 bits per heavy atom. The zero-order valence-electron chi connectivity index (χ0n) is 12.8. The molecule has 2 aromatic rings. The summed E-state index contributed by atoms with van der Waals surface area (Å²) < 4.78 is 5.32. The number of amidine groups is 1. The molecule has 2 heterocycles. The molecule has 1 aliphatic rings. The third kappa shape index (κ3) is 3.27. The second-order valence-corrected chi connectivity index (χ2v) is 6.88. The molecular weight excluding hydrogens is 332 g/mol. The molecule has 0 aliphatic carbocycles. The van der Waals surface area contributed by atoms with Crippen LogP contribution in [0.3, 0.4) is 0 Å². The number of aryl methyl sites for hydroxylation is 1. The van der Waals surface area contributed by atoms with Gasteiger partial charge in [-0.3, -0.25) is 9.69 Å². The van der Waals surface area contributed by atoms with Gasteiger partial charge in [0, 0.05) is 12.6 Å². The van der Waals surface area contributed by atoms with E-state index in [4.69, 9.17) is 4.74 Å². The molecule has 0 radical (unpaired) electrons. The lowest BCUT2D eigenvalue weighted by Gasteiger charge is -2.06. The summed E-state index contributed by atoms with van der Waals surface area (Å²) in [5.74, 6) is 0.627. The predicted octanol–water partition coefficient (Wildman–Crippen LogP) is 3.09. The quantitative estimate of drug-likeness (QED) is 0.799. The molecule has 0 saturated carbocycles. The number of rotatable bonds is 3. The van der Waals surface area contributed by atoms with E-state index in [1.54, 1.807) is 14.2 Å². The Kier molecular flexibility index (Phi) is 4.44. The highest BCUT2D eigenvalue weighted by Gasteiger charge is 2.30. The van der Waals surface area contributed by atoms with Gasteiger partial charge >= 0.3 is 0 Å². The topological polar surface area (TPSA) is 67.7 Å². The summed E-state index contributed by atoms with van der Waals surface area (Å²) in [6, 6.07) is 7.56. The van der Waals surface area contributed by atoms with Gasteiger partial charge in [-0.1, -0.05) is 29.5 Å². The van der Waals surface area contributed by atoms with Gasteiger partial charge in [0.15, 0.2) is 5.17 Å². The van der Waals surface area contributed by atoms with Gasteiger partial charge in [-0.2, -0.15) is 4.99 Å². The Balaban J connectivity index is 1.92. The van der Waals surface area contributed by atoms with Crippen LogP contribution in [0, 0.1) is 6.92 Å². The summed E-state index contributed by atoms with van der Waals surface area (Å²) in [6.45, 7) is 1.87. The highest BCUT2D eigenvalue weighted by Crippen LogP contribution is 2.34. The number of ether oxygens (including phenoxy) is 1. The number of hydrogen-bond donors (Lipinski definition) is 0. The number of amides is 1. The highest BCUT2D eigenvalue weighted by molar-refractivity contribution is 8.18. The first-order valence-corrected chi connectivity index (χ1v) is 8.41. The number of methoxy groups -OCH3 is 1. The van der Waals surface area contributed by atoms with Crippen LogP contribution in [0.5, 0.6) is 5.75 Å². The summed E-state index contributed by atoms with van der Waals surface area (Å²) >= 11 is 2.70. The van der Waals surface area contributed by atoms with E-state index in [2.05, 4.69) is 15.2 Å². The maximum atomic E-state index is 12.4. The molecule has 1 aromatic heterocycles. The van der Waals surface area contributed by atoms with Gasteiger partial charge < -0.3 is 4.74 Å². The van der Waals surface area contributed by atoms with Crippen molar-refractivity contribution in [2.45, 2.75) is 6.92 Å². The Morgan fingerprint density at radius 3 is 2.78 bits per heavy atom. The van der Waals surface area contributed by atoms with Gasteiger partial charge in [-0.15, -0.1) is 10.2 Å². The molecule has 3 rings (SSSR count). The molecule has 1 amide bonds. The van der Waals surface area contributed by atoms with E-state index in [0.29, 0.717) is 15.2 Å². The molecule has 118 valence electrons. The first-order valence-electron chi connectivity index (χ1n) is 6.78. The van der Waals surface area contributed by atoms with Crippen molar-refractivity contribution in [1.82, 2.24) is 15.1 Å². The number of likely N-dealkylation sites (N-methyl/N-ethyl adjacent to an activating group) is 1. The van der Waals surface area contributed by atoms with Gasteiger partial charge in [0.05, 0.1) is 12.0 Å². The van der Waals surface area contributed by atoms with Crippen LogP contribution < -0.4 is 4.74 Å². The molecular formula is C15H14N4O2S2. The molecule has 8 heteroatoms. The normalized spacial score (nSPS) is 18.2. The number of para-hydroxylation sites is 1. The molecule has 0 bridgehead atoms. The molecule has 6 nitrogen and oxygen atoms in total. The van der Waals surface area contributed by atoms with Crippen LogP contribution in [0.25, 0.3) is 6.08 Å². The zero-order valence-corrected chi connectivity index (χ0v) is 14.4. The Hall–Kier alpha value is -2.19. The van der Waals surface area contributed by atoms with Crippen molar-refractivity contribution in [3.8, 4) is 5.75 Å². The Labute approximate surface area is 141 Å². The number of aromatic nitrogens is 2. The van der Waals surface area contributed by atoms with E-state index in [0.717, 1.165) is 16.3 Å². The first kappa shape index (κ1) is 15.7. The van der Waals surface area contributed by atoms with E-state index in [-0.39, 0.29) is 5.91 Å². The SMILES string of the molecule is COc1ccccc1/C=C1\S/C(=N/c2nnc(C)s2)N(C)C1=O. The van der Waals surface area contributed by atoms with Crippen molar-refractivity contribution in [1.29, 1.82) is 0 Å². The summed E-state index contributed by atoms with van der Waals surface area (Å²) in [7, 11) is 3.31. The number of thioether (sulfide) groups is 1. The fourth-order valence-electron chi connectivity index (χ4n) is 1.99. The van der Waals surface area contributed by atoms with Crippen LogP contribution in [0.15, 0.2) is 34.2 Å². The second kappa shape index (κ2) is 6.51. The summed E-state index contributed by atoms with van der Waals surface area (Å²) in [5, 5.41) is 9.87. The standard InChI is InChI=1S/C15H14N4O2S2/c1-9-17-18-14(22-9)16-15-19(2)13(20)12(23-15)8-10-6-4-5-7-11(10)21-3/h4-8H,1-3H3/b12-8-,16-15+. The van der Waals surface area contributed by atoms with Gasteiger partial charge in [0.2, 0.25) is 5.13 Å². The molecule has 23 heavy (non-hydrogen) atoms. The summed E-state index contributed by atoms with van der Waals surface area (Å²) in [6.07, 6.45) is 1.82. The van der Waals surface area contributed by atoms with Gasteiger partial charge in [-0.25, -0.2) is 0 Å². The number of benzene rings is 1. The van der Waals surface area contributed by atoms with Crippen LogP contribution in [-0.4, -0.2) is 40.3 Å². The molecule has 0 atom stereocenters. The number of carbonyl (C=O) groups is 1. The van der Waals surface area contributed by atoms with Crippen molar-refractivity contribution < 1.29 is 9.53 Å². The smallest absolute Gasteiger partial charge is 0.266 e. The molecule has 0 N–H and O–H groups in total. The van der Waals surface area contributed by atoms with Crippen molar-refractivity contribution in [3.05, 3.63) is 39.7 Å². The third-order valence-electron chi connectivity index (χ3n) is 3.14. The molecule has 1 fully saturated rings. The van der Waals surface area contributed by atoms with Crippen LogP contribution in [0.2, 0.25) is 0 Å². The van der Waals surface area contributed by atoms with Gasteiger partial charge in [0.1, 0.15) is 10.8 Å². The number of carbonyl (C=O) groups excluding carboxylic acids is 1. The molecule has 1 saturated heterocycles. The Bertz CT molecular complexity index is 813. The molecule has 1 aliphatic heterocycles. The lowest BCUT2D eigenvalue weighted by molar-refractivity contribution is -0.121. The maximum Gasteiger partial charge on any atom is 0.266 e.